The van der Waals surface area contributed by atoms with Gasteiger partial charge in [-0.05, 0) is 30.3 Å². The maximum atomic E-state index is 13.4. The van der Waals surface area contributed by atoms with Crippen molar-refractivity contribution < 1.29 is 23.5 Å². The first kappa shape index (κ1) is 16.3. The summed E-state index contributed by atoms with van der Waals surface area (Å²) in [7, 11) is 1.46. The van der Waals surface area contributed by atoms with E-state index < -0.39 is 24.3 Å². The van der Waals surface area contributed by atoms with Crippen LogP contribution in [-0.2, 0) is 9.53 Å². The lowest BCUT2D eigenvalue weighted by Gasteiger charge is -2.09. The number of esters is 1. The molecular formula is C16H15FN2O4. The molecule has 0 saturated heterocycles. The minimum absolute atomic E-state index is 0.0160. The Morgan fingerprint density at radius 3 is 2.61 bits per heavy atom. The molecule has 0 aliphatic rings. The molecule has 0 heterocycles. The highest BCUT2D eigenvalue weighted by Gasteiger charge is 2.13. The van der Waals surface area contributed by atoms with E-state index in [1.807, 2.05) is 0 Å². The van der Waals surface area contributed by atoms with Crippen molar-refractivity contribution in [3.63, 3.8) is 0 Å². The van der Waals surface area contributed by atoms with Gasteiger partial charge in [-0.2, -0.15) is 0 Å². The number of para-hydroxylation sites is 1. The molecule has 2 aromatic rings. The Labute approximate surface area is 132 Å². The van der Waals surface area contributed by atoms with Crippen LogP contribution in [0.25, 0.3) is 0 Å². The summed E-state index contributed by atoms with van der Waals surface area (Å²) < 4.78 is 23.2. The molecule has 0 saturated carbocycles. The molecule has 0 aromatic heterocycles. The van der Waals surface area contributed by atoms with Gasteiger partial charge >= 0.3 is 5.97 Å². The molecule has 1 amide bonds. The number of nitrogens with one attached hydrogen (secondary N) is 1. The third-order valence-corrected chi connectivity index (χ3v) is 2.95. The summed E-state index contributed by atoms with van der Waals surface area (Å²) in [6.07, 6.45) is 0. The number of carbonyl (C=O) groups is 2. The summed E-state index contributed by atoms with van der Waals surface area (Å²) in [6.45, 7) is -0.543. The smallest absolute Gasteiger partial charge is 0.338 e. The fourth-order valence-corrected chi connectivity index (χ4v) is 1.82. The SMILES string of the molecule is COc1ccc(C(=O)OCC(=O)Nc2ccccc2F)cc1N. The number of anilines is 2. The van der Waals surface area contributed by atoms with Gasteiger partial charge in [0.15, 0.2) is 6.61 Å². The minimum Gasteiger partial charge on any atom is -0.495 e. The zero-order chi connectivity index (χ0) is 16.8. The van der Waals surface area contributed by atoms with Crippen molar-refractivity contribution in [2.24, 2.45) is 0 Å². The number of methoxy groups -OCH3 is 1. The monoisotopic (exact) mass is 318 g/mol. The lowest BCUT2D eigenvalue weighted by molar-refractivity contribution is -0.119. The average Bonchev–Trinajstić information content (AvgIpc) is 2.54. The van der Waals surface area contributed by atoms with E-state index in [-0.39, 0.29) is 16.9 Å². The lowest BCUT2D eigenvalue weighted by atomic mass is 10.2. The van der Waals surface area contributed by atoms with E-state index in [4.69, 9.17) is 15.2 Å². The van der Waals surface area contributed by atoms with Crippen molar-refractivity contribution in [1.29, 1.82) is 0 Å². The van der Waals surface area contributed by atoms with Gasteiger partial charge in [0, 0.05) is 0 Å². The zero-order valence-corrected chi connectivity index (χ0v) is 12.3. The Bertz CT molecular complexity index is 734. The van der Waals surface area contributed by atoms with Crippen LogP contribution >= 0.6 is 0 Å². The number of halogens is 1. The lowest BCUT2D eigenvalue weighted by Crippen LogP contribution is -2.21. The zero-order valence-electron chi connectivity index (χ0n) is 12.3. The largest absolute Gasteiger partial charge is 0.495 e. The van der Waals surface area contributed by atoms with E-state index >= 15 is 0 Å². The molecule has 0 spiro atoms. The number of hydrogen-bond acceptors (Lipinski definition) is 5. The summed E-state index contributed by atoms with van der Waals surface area (Å²) in [5, 5.41) is 2.31. The highest BCUT2D eigenvalue weighted by molar-refractivity contribution is 5.96. The number of amides is 1. The van der Waals surface area contributed by atoms with Gasteiger partial charge in [0.05, 0.1) is 24.0 Å². The third-order valence-electron chi connectivity index (χ3n) is 2.95. The van der Waals surface area contributed by atoms with Gasteiger partial charge in [0.2, 0.25) is 0 Å². The summed E-state index contributed by atoms with van der Waals surface area (Å²) in [5.41, 5.74) is 6.16. The van der Waals surface area contributed by atoms with Crippen molar-refractivity contribution in [2.45, 2.75) is 0 Å². The van der Waals surface area contributed by atoms with Crippen LogP contribution in [0.5, 0.6) is 5.75 Å². The minimum atomic E-state index is -0.719. The molecule has 0 atom stereocenters. The van der Waals surface area contributed by atoms with E-state index in [0.29, 0.717) is 5.75 Å². The van der Waals surface area contributed by atoms with Gasteiger partial charge in [-0.3, -0.25) is 4.79 Å². The molecule has 6 nitrogen and oxygen atoms in total. The molecule has 0 aliphatic heterocycles. The first-order valence-corrected chi connectivity index (χ1v) is 6.66. The second-order valence-electron chi connectivity index (χ2n) is 4.56. The topological polar surface area (TPSA) is 90.6 Å². The molecule has 23 heavy (non-hydrogen) atoms. The van der Waals surface area contributed by atoms with Gasteiger partial charge in [-0.15, -0.1) is 0 Å². The molecule has 7 heteroatoms. The van der Waals surface area contributed by atoms with Crippen LogP contribution in [0, 0.1) is 5.82 Å². The maximum absolute atomic E-state index is 13.4. The molecule has 0 aliphatic carbocycles. The molecule has 0 bridgehead atoms. The number of nitrogen functional groups attached to an aromatic ring is 1. The van der Waals surface area contributed by atoms with Crippen LogP contribution in [-0.4, -0.2) is 25.6 Å². The molecule has 0 fully saturated rings. The molecule has 120 valence electrons. The fourth-order valence-electron chi connectivity index (χ4n) is 1.82. The summed E-state index contributed by atoms with van der Waals surface area (Å²) in [6, 6.07) is 10.1. The summed E-state index contributed by atoms with van der Waals surface area (Å²) in [4.78, 5) is 23.5. The predicted molar refractivity (Wildman–Crippen MR) is 82.7 cm³/mol. The Morgan fingerprint density at radius 2 is 1.96 bits per heavy atom. The van der Waals surface area contributed by atoms with Crippen LogP contribution in [0.15, 0.2) is 42.5 Å². The van der Waals surface area contributed by atoms with E-state index in [1.54, 1.807) is 6.07 Å². The van der Waals surface area contributed by atoms with Crippen molar-refractivity contribution >= 4 is 23.3 Å². The fraction of sp³-hybridized carbons (Fsp3) is 0.125. The van der Waals surface area contributed by atoms with Gasteiger partial charge in [-0.1, -0.05) is 12.1 Å². The van der Waals surface area contributed by atoms with Gasteiger partial charge in [0.25, 0.3) is 5.91 Å². The molecule has 0 unspecified atom stereocenters. The highest BCUT2D eigenvalue weighted by atomic mass is 19.1. The third kappa shape index (κ3) is 4.19. The number of hydrogen-bond donors (Lipinski definition) is 2. The second kappa shape index (κ2) is 7.26. The quantitative estimate of drug-likeness (QED) is 0.651. The van der Waals surface area contributed by atoms with Crippen molar-refractivity contribution in [1.82, 2.24) is 0 Å². The van der Waals surface area contributed by atoms with Crippen molar-refractivity contribution in [3.8, 4) is 5.75 Å². The predicted octanol–water partition coefficient (Wildman–Crippen LogP) is 2.21. The average molecular weight is 318 g/mol. The van der Waals surface area contributed by atoms with Gasteiger partial charge < -0.3 is 20.5 Å². The second-order valence-corrected chi connectivity index (χ2v) is 4.56. The Hall–Kier alpha value is -3.09. The molecule has 2 aromatic carbocycles. The standard InChI is InChI=1S/C16H15FN2O4/c1-22-14-7-6-10(8-12(14)18)16(21)23-9-15(20)19-13-5-3-2-4-11(13)17/h2-8H,9,18H2,1H3,(H,19,20). The Balaban J connectivity index is 1.92. The van der Waals surface area contributed by atoms with E-state index in [1.165, 1.54) is 43.5 Å². The van der Waals surface area contributed by atoms with Crippen LogP contribution in [0.3, 0.4) is 0 Å². The molecular weight excluding hydrogens is 303 g/mol. The number of rotatable bonds is 5. The number of ether oxygens (including phenoxy) is 2. The number of carbonyl (C=O) groups excluding carboxylic acids is 2. The normalized spacial score (nSPS) is 10.0. The molecule has 3 N–H and O–H groups in total. The Kier molecular flexibility index (Phi) is 5.14. The van der Waals surface area contributed by atoms with Crippen LogP contribution in [0.1, 0.15) is 10.4 Å². The number of nitrogens with two attached hydrogens (primary N) is 1. The first-order chi connectivity index (χ1) is 11.0. The highest BCUT2D eigenvalue weighted by Crippen LogP contribution is 2.22. The van der Waals surface area contributed by atoms with Crippen LogP contribution in [0.4, 0.5) is 15.8 Å². The van der Waals surface area contributed by atoms with Crippen LogP contribution < -0.4 is 15.8 Å². The van der Waals surface area contributed by atoms with Gasteiger partial charge in [-0.25, -0.2) is 9.18 Å². The van der Waals surface area contributed by atoms with Crippen LogP contribution in [0.2, 0.25) is 0 Å². The number of benzene rings is 2. The van der Waals surface area contributed by atoms with E-state index in [9.17, 15) is 14.0 Å². The Morgan fingerprint density at radius 1 is 1.22 bits per heavy atom. The van der Waals surface area contributed by atoms with E-state index in [0.717, 1.165) is 0 Å². The van der Waals surface area contributed by atoms with Gasteiger partial charge in [0.1, 0.15) is 11.6 Å². The summed E-state index contributed by atoms with van der Waals surface area (Å²) >= 11 is 0. The summed E-state index contributed by atoms with van der Waals surface area (Å²) in [5.74, 6) is -1.51. The van der Waals surface area contributed by atoms with Crippen molar-refractivity contribution in [3.05, 3.63) is 53.8 Å². The molecule has 2 rings (SSSR count). The van der Waals surface area contributed by atoms with Crippen molar-refractivity contribution in [2.75, 3.05) is 24.8 Å². The molecule has 0 radical (unpaired) electrons. The van der Waals surface area contributed by atoms with E-state index in [2.05, 4.69) is 5.32 Å². The maximum Gasteiger partial charge on any atom is 0.338 e. The first-order valence-electron chi connectivity index (χ1n) is 6.66.